The van der Waals surface area contributed by atoms with E-state index in [1.807, 2.05) is 12.1 Å². The summed E-state index contributed by atoms with van der Waals surface area (Å²) in [5, 5.41) is 15.9. The van der Waals surface area contributed by atoms with Gasteiger partial charge in [-0.2, -0.15) is 4.31 Å². The van der Waals surface area contributed by atoms with E-state index in [4.69, 9.17) is 4.74 Å². The van der Waals surface area contributed by atoms with Crippen LogP contribution in [0.5, 0.6) is 0 Å². The molecular formula is C27H26N4O8S. The number of nitro benzene ring substituents is 1. The highest BCUT2D eigenvalue weighted by atomic mass is 32.2. The molecule has 2 N–H and O–H groups in total. The van der Waals surface area contributed by atoms with Gasteiger partial charge in [0, 0.05) is 37.0 Å². The highest BCUT2D eigenvalue weighted by molar-refractivity contribution is 7.89. The number of nitrogens with one attached hydrogen (secondary N) is 2. The van der Waals surface area contributed by atoms with E-state index in [1.54, 1.807) is 12.1 Å². The molecule has 13 heteroatoms. The van der Waals surface area contributed by atoms with Crippen molar-refractivity contribution in [3.63, 3.8) is 0 Å². The summed E-state index contributed by atoms with van der Waals surface area (Å²) in [5.41, 5.74) is 1.95. The topological polar surface area (TPSA) is 165 Å². The molecule has 2 amide bonds. The fraction of sp³-hybridized carbons (Fsp3) is 0.222. The number of carbonyl (C=O) groups excluding carboxylic acids is 3. The zero-order valence-corrected chi connectivity index (χ0v) is 22.2. The standard InChI is InChI=1S/C27H26N4O8S/c1-18(32)28-20-9-11-23(12-10-20)40(37,38)30-14-13-19-5-2-3-8-24(19)25(30)16-27(34)39-17-26(33)29-21-6-4-7-22(15-21)31(35)36/h2-12,15,25H,13-14,16-17H2,1H3,(H,28,32)(H,29,33). The number of hydrogen-bond donors (Lipinski definition) is 2. The van der Waals surface area contributed by atoms with Crippen LogP contribution in [0.4, 0.5) is 17.1 Å². The summed E-state index contributed by atoms with van der Waals surface area (Å²) in [4.78, 5) is 46.8. The van der Waals surface area contributed by atoms with E-state index in [0.717, 1.165) is 5.56 Å². The Hall–Kier alpha value is -4.62. The van der Waals surface area contributed by atoms with Crippen molar-refractivity contribution in [2.75, 3.05) is 23.8 Å². The molecule has 0 aliphatic carbocycles. The maximum Gasteiger partial charge on any atom is 0.308 e. The van der Waals surface area contributed by atoms with E-state index in [1.165, 1.54) is 59.8 Å². The molecule has 3 aromatic rings. The average Bonchev–Trinajstić information content (AvgIpc) is 2.92. The van der Waals surface area contributed by atoms with Crippen LogP contribution in [0.2, 0.25) is 0 Å². The number of esters is 1. The number of fused-ring (bicyclic) bond motifs is 1. The Morgan fingerprint density at radius 2 is 1.73 bits per heavy atom. The second-order valence-electron chi connectivity index (χ2n) is 9.01. The highest BCUT2D eigenvalue weighted by Crippen LogP contribution is 2.36. The van der Waals surface area contributed by atoms with Crippen LogP contribution in [0.1, 0.15) is 30.5 Å². The lowest BCUT2D eigenvalue weighted by Gasteiger charge is -2.36. The van der Waals surface area contributed by atoms with Gasteiger partial charge in [0.25, 0.3) is 11.6 Å². The molecule has 0 aromatic heterocycles. The van der Waals surface area contributed by atoms with Gasteiger partial charge >= 0.3 is 5.97 Å². The number of carbonyl (C=O) groups is 3. The number of non-ortho nitro benzene ring substituents is 1. The van der Waals surface area contributed by atoms with Crippen LogP contribution in [0.3, 0.4) is 0 Å². The largest absolute Gasteiger partial charge is 0.456 e. The van der Waals surface area contributed by atoms with Gasteiger partial charge in [0.15, 0.2) is 6.61 Å². The van der Waals surface area contributed by atoms with Crippen molar-refractivity contribution in [2.45, 2.75) is 30.7 Å². The third-order valence-electron chi connectivity index (χ3n) is 6.21. The lowest BCUT2D eigenvalue weighted by molar-refractivity contribution is -0.384. The maximum atomic E-state index is 13.6. The Bertz CT molecular complexity index is 1560. The van der Waals surface area contributed by atoms with Gasteiger partial charge in [-0.05, 0) is 47.9 Å². The quantitative estimate of drug-likeness (QED) is 0.226. The zero-order chi connectivity index (χ0) is 28.9. The van der Waals surface area contributed by atoms with Gasteiger partial charge in [0.2, 0.25) is 15.9 Å². The normalized spacial score (nSPS) is 15.0. The van der Waals surface area contributed by atoms with Crippen LogP contribution in [0.25, 0.3) is 0 Å². The van der Waals surface area contributed by atoms with Crippen LogP contribution < -0.4 is 10.6 Å². The molecule has 3 aromatic carbocycles. The van der Waals surface area contributed by atoms with Crippen LogP contribution in [0.15, 0.2) is 77.7 Å². The minimum Gasteiger partial charge on any atom is -0.456 e. The number of hydrogen-bond acceptors (Lipinski definition) is 8. The predicted octanol–water partition coefficient (Wildman–Crippen LogP) is 3.41. The second kappa shape index (κ2) is 12.1. The number of nitro groups is 1. The molecule has 4 rings (SSSR count). The molecule has 0 radical (unpaired) electrons. The fourth-order valence-electron chi connectivity index (χ4n) is 4.43. The Morgan fingerprint density at radius 3 is 2.42 bits per heavy atom. The number of ether oxygens (including phenoxy) is 1. The van der Waals surface area contributed by atoms with Gasteiger partial charge in [-0.3, -0.25) is 24.5 Å². The fourth-order valence-corrected chi connectivity index (χ4v) is 6.04. The molecular weight excluding hydrogens is 540 g/mol. The summed E-state index contributed by atoms with van der Waals surface area (Å²) in [6.45, 7) is 0.808. The van der Waals surface area contributed by atoms with Crippen molar-refractivity contribution < 1.29 is 32.5 Å². The van der Waals surface area contributed by atoms with Gasteiger partial charge in [-0.1, -0.05) is 30.3 Å². The van der Waals surface area contributed by atoms with Crippen LogP contribution in [0, 0.1) is 10.1 Å². The number of rotatable bonds is 9. The first-order chi connectivity index (χ1) is 19.0. The summed E-state index contributed by atoms with van der Waals surface area (Å²) in [5.74, 6) is -1.79. The minimum absolute atomic E-state index is 0.00400. The first-order valence-corrected chi connectivity index (χ1v) is 13.7. The molecule has 0 saturated heterocycles. The maximum absolute atomic E-state index is 13.6. The molecule has 12 nitrogen and oxygen atoms in total. The number of amides is 2. The lowest BCUT2D eigenvalue weighted by atomic mass is 9.92. The smallest absolute Gasteiger partial charge is 0.308 e. The Labute approximate surface area is 230 Å². The molecule has 1 aliphatic heterocycles. The molecule has 208 valence electrons. The first-order valence-electron chi connectivity index (χ1n) is 12.2. The van der Waals surface area contributed by atoms with E-state index in [9.17, 15) is 32.9 Å². The molecule has 1 heterocycles. The van der Waals surface area contributed by atoms with Crippen molar-refractivity contribution in [1.82, 2.24) is 4.31 Å². The molecule has 0 spiro atoms. The Balaban J connectivity index is 1.48. The molecule has 0 fully saturated rings. The molecule has 1 unspecified atom stereocenters. The van der Waals surface area contributed by atoms with E-state index < -0.39 is 39.5 Å². The summed E-state index contributed by atoms with van der Waals surface area (Å²) < 4.78 is 33.7. The summed E-state index contributed by atoms with van der Waals surface area (Å²) in [6.07, 6.45) is 0.0981. The van der Waals surface area contributed by atoms with Crippen LogP contribution >= 0.6 is 0 Å². The molecule has 1 aliphatic rings. The monoisotopic (exact) mass is 566 g/mol. The molecule has 0 saturated carbocycles. The van der Waals surface area contributed by atoms with Crippen molar-refractivity contribution in [2.24, 2.45) is 0 Å². The van der Waals surface area contributed by atoms with E-state index in [2.05, 4.69) is 10.6 Å². The van der Waals surface area contributed by atoms with E-state index in [-0.39, 0.29) is 35.1 Å². The third kappa shape index (κ3) is 6.68. The van der Waals surface area contributed by atoms with Crippen LogP contribution in [-0.4, -0.2) is 48.6 Å². The Morgan fingerprint density at radius 1 is 1.00 bits per heavy atom. The average molecular weight is 567 g/mol. The van der Waals surface area contributed by atoms with Gasteiger partial charge in [0.1, 0.15) is 0 Å². The van der Waals surface area contributed by atoms with Crippen molar-refractivity contribution in [1.29, 1.82) is 0 Å². The molecule has 1 atom stereocenters. The Kier molecular flexibility index (Phi) is 8.55. The predicted molar refractivity (Wildman–Crippen MR) is 145 cm³/mol. The summed E-state index contributed by atoms with van der Waals surface area (Å²) in [6, 6.07) is 17.4. The SMILES string of the molecule is CC(=O)Nc1ccc(S(=O)(=O)N2CCc3ccccc3C2CC(=O)OCC(=O)Nc2cccc([N+](=O)[O-])c2)cc1. The van der Waals surface area contributed by atoms with Crippen molar-refractivity contribution in [3.05, 3.63) is 94.0 Å². The van der Waals surface area contributed by atoms with Gasteiger partial charge < -0.3 is 15.4 Å². The zero-order valence-electron chi connectivity index (χ0n) is 21.4. The summed E-state index contributed by atoms with van der Waals surface area (Å²) >= 11 is 0. The number of benzene rings is 3. The molecule has 0 bridgehead atoms. The lowest BCUT2D eigenvalue weighted by Crippen LogP contribution is -2.41. The van der Waals surface area contributed by atoms with Gasteiger partial charge in [-0.15, -0.1) is 0 Å². The minimum atomic E-state index is -4.05. The van der Waals surface area contributed by atoms with Crippen molar-refractivity contribution in [3.8, 4) is 0 Å². The third-order valence-corrected chi connectivity index (χ3v) is 8.13. The first kappa shape index (κ1) is 28.4. The van der Waals surface area contributed by atoms with E-state index in [0.29, 0.717) is 17.7 Å². The molecule has 40 heavy (non-hydrogen) atoms. The van der Waals surface area contributed by atoms with E-state index >= 15 is 0 Å². The number of nitrogens with zero attached hydrogens (tertiary/aromatic N) is 2. The number of anilines is 2. The highest BCUT2D eigenvalue weighted by Gasteiger charge is 2.38. The van der Waals surface area contributed by atoms with Crippen LogP contribution in [-0.2, 0) is 35.6 Å². The van der Waals surface area contributed by atoms with Gasteiger partial charge in [-0.25, -0.2) is 8.42 Å². The van der Waals surface area contributed by atoms with Crippen molar-refractivity contribution >= 4 is 44.9 Å². The second-order valence-corrected chi connectivity index (χ2v) is 10.9. The summed E-state index contributed by atoms with van der Waals surface area (Å²) in [7, 11) is -4.05. The van der Waals surface area contributed by atoms with Gasteiger partial charge in [0.05, 0.1) is 22.3 Å². The number of sulfonamides is 1.